The van der Waals surface area contributed by atoms with E-state index in [0.29, 0.717) is 19.7 Å². The molecular weight excluding hydrogens is 342 g/mol. The highest BCUT2D eigenvalue weighted by molar-refractivity contribution is 5.81. The van der Waals surface area contributed by atoms with Crippen molar-refractivity contribution in [2.45, 2.75) is 38.3 Å². The lowest BCUT2D eigenvalue weighted by Gasteiger charge is -2.25. The fourth-order valence-corrected chi connectivity index (χ4v) is 3.62. The molecule has 1 amide bonds. The Hall–Kier alpha value is -2.53. The van der Waals surface area contributed by atoms with Crippen molar-refractivity contribution in [3.05, 3.63) is 59.7 Å². The van der Waals surface area contributed by atoms with E-state index >= 15 is 0 Å². The molecule has 0 unspecified atom stereocenters. The summed E-state index contributed by atoms with van der Waals surface area (Å²) in [6.07, 6.45) is 3.35. The van der Waals surface area contributed by atoms with Gasteiger partial charge in [0, 0.05) is 19.7 Å². The van der Waals surface area contributed by atoms with Gasteiger partial charge in [0.2, 0.25) is 6.79 Å². The van der Waals surface area contributed by atoms with E-state index in [9.17, 15) is 4.79 Å². The first-order valence-electron chi connectivity index (χ1n) is 9.62. The molecule has 0 saturated carbocycles. The maximum absolute atomic E-state index is 13.0. The second-order valence-corrected chi connectivity index (χ2v) is 7.04. The van der Waals surface area contributed by atoms with Crippen molar-refractivity contribution in [1.29, 1.82) is 0 Å². The molecule has 0 aliphatic carbocycles. The van der Waals surface area contributed by atoms with Gasteiger partial charge in [0.15, 0.2) is 11.5 Å². The van der Waals surface area contributed by atoms with Crippen LogP contribution in [0.25, 0.3) is 0 Å². The van der Waals surface area contributed by atoms with Gasteiger partial charge in [0.1, 0.15) is 6.10 Å². The topological polar surface area (TPSA) is 48.0 Å². The van der Waals surface area contributed by atoms with Gasteiger partial charge in [-0.15, -0.1) is 0 Å². The number of carbonyl (C=O) groups excluding carboxylic acids is 1. The fraction of sp³-hybridized carbons (Fsp3) is 0.409. The van der Waals surface area contributed by atoms with Crippen molar-refractivity contribution in [2.75, 3.05) is 19.9 Å². The van der Waals surface area contributed by atoms with Crippen LogP contribution in [0.15, 0.2) is 48.5 Å². The van der Waals surface area contributed by atoms with E-state index in [1.165, 1.54) is 5.56 Å². The van der Waals surface area contributed by atoms with Crippen LogP contribution in [0.2, 0.25) is 0 Å². The minimum absolute atomic E-state index is 0.0956. The van der Waals surface area contributed by atoms with Gasteiger partial charge in [0.05, 0.1) is 0 Å². The standard InChI is InChI=1S/C22H25NO4/c24-22(20-9-5-13-25-20)23(12-4-8-17-6-2-1-3-7-17)15-18-10-11-19-21(14-18)27-16-26-19/h1-3,6-7,10-11,14,20H,4-5,8-9,12-13,15-16H2/t20-/m0/s1. The second-order valence-electron chi connectivity index (χ2n) is 7.04. The molecule has 2 aromatic rings. The van der Waals surface area contributed by atoms with Gasteiger partial charge in [-0.25, -0.2) is 0 Å². The molecule has 2 aliphatic heterocycles. The summed E-state index contributed by atoms with van der Waals surface area (Å²) in [5.74, 6) is 1.61. The number of amides is 1. The van der Waals surface area contributed by atoms with Gasteiger partial charge >= 0.3 is 0 Å². The van der Waals surface area contributed by atoms with E-state index < -0.39 is 0 Å². The highest BCUT2D eigenvalue weighted by Crippen LogP contribution is 2.33. The van der Waals surface area contributed by atoms with Crippen LogP contribution in [-0.4, -0.2) is 36.9 Å². The lowest BCUT2D eigenvalue weighted by atomic mass is 10.1. The maximum Gasteiger partial charge on any atom is 0.251 e. The SMILES string of the molecule is O=C([C@@H]1CCCO1)N(CCCc1ccccc1)Cc1ccc2c(c1)OCO2. The Labute approximate surface area is 159 Å². The van der Waals surface area contributed by atoms with Crippen LogP contribution in [0.3, 0.4) is 0 Å². The van der Waals surface area contributed by atoms with Gasteiger partial charge in [-0.3, -0.25) is 4.79 Å². The number of ether oxygens (including phenoxy) is 3. The number of hydrogen-bond donors (Lipinski definition) is 0. The van der Waals surface area contributed by atoms with Gasteiger partial charge in [0.25, 0.3) is 5.91 Å². The number of benzene rings is 2. The van der Waals surface area contributed by atoms with Crippen molar-refractivity contribution in [3.8, 4) is 11.5 Å². The largest absolute Gasteiger partial charge is 0.454 e. The highest BCUT2D eigenvalue weighted by Gasteiger charge is 2.28. The zero-order valence-corrected chi connectivity index (χ0v) is 15.4. The molecule has 5 nitrogen and oxygen atoms in total. The summed E-state index contributed by atoms with van der Waals surface area (Å²) in [6, 6.07) is 16.3. The van der Waals surface area contributed by atoms with Crippen LogP contribution in [0.1, 0.15) is 30.4 Å². The Morgan fingerprint density at radius 3 is 2.70 bits per heavy atom. The maximum atomic E-state index is 13.0. The molecule has 2 aliphatic rings. The van der Waals surface area contributed by atoms with Crippen LogP contribution in [0.4, 0.5) is 0 Å². The molecule has 5 heteroatoms. The smallest absolute Gasteiger partial charge is 0.251 e. The number of carbonyl (C=O) groups is 1. The van der Waals surface area contributed by atoms with Crippen LogP contribution >= 0.6 is 0 Å². The zero-order chi connectivity index (χ0) is 18.5. The third-order valence-corrected chi connectivity index (χ3v) is 5.06. The summed E-state index contributed by atoms with van der Waals surface area (Å²) in [7, 11) is 0. The van der Waals surface area contributed by atoms with Gasteiger partial charge in [-0.1, -0.05) is 36.4 Å². The summed E-state index contributed by atoms with van der Waals surface area (Å²) in [6.45, 7) is 2.21. The lowest BCUT2D eigenvalue weighted by molar-refractivity contribution is -0.141. The first-order chi connectivity index (χ1) is 13.3. The Kier molecular flexibility index (Phi) is 5.58. The summed E-state index contributed by atoms with van der Waals surface area (Å²) in [5, 5.41) is 0. The summed E-state index contributed by atoms with van der Waals surface area (Å²) < 4.78 is 16.5. The Balaban J connectivity index is 1.42. The molecule has 1 atom stereocenters. The van der Waals surface area contributed by atoms with Crippen LogP contribution in [0.5, 0.6) is 11.5 Å². The minimum Gasteiger partial charge on any atom is -0.454 e. The molecule has 0 N–H and O–H groups in total. The van der Waals surface area contributed by atoms with Gasteiger partial charge < -0.3 is 19.1 Å². The van der Waals surface area contributed by atoms with E-state index in [1.54, 1.807) is 0 Å². The average molecular weight is 367 g/mol. The van der Waals surface area contributed by atoms with E-state index in [-0.39, 0.29) is 18.8 Å². The molecule has 2 aromatic carbocycles. The van der Waals surface area contributed by atoms with Crippen molar-refractivity contribution in [1.82, 2.24) is 4.90 Å². The Bertz CT molecular complexity index is 771. The fourth-order valence-electron chi connectivity index (χ4n) is 3.62. The number of fused-ring (bicyclic) bond motifs is 1. The molecule has 142 valence electrons. The van der Waals surface area contributed by atoms with Crippen molar-refractivity contribution in [2.24, 2.45) is 0 Å². The summed E-state index contributed by atoms with van der Waals surface area (Å²) >= 11 is 0. The molecule has 4 rings (SSSR count). The lowest BCUT2D eigenvalue weighted by Crippen LogP contribution is -2.39. The van der Waals surface area contributed by atoms with Crippen molar-refractivity contribution >= 4 is 5.91 Å². The van der Waals surface area contributed by atoms with Crippen LogP contribution in [0, 0.1) is 0 Å². The Morgan fingerprint density at radius 2 is 1.89 bits per heavy atom. The molecule has 0 radical (unpaired) electrons. The van der Waals surface area contributed by atoms with E-state index in [0.717, 1.165) is 42.7 Å². The zero-order valence-electron chi connectivity index (χ0n) is 15.4. The molecule has 1 fully saturated rings. The predicted molar refractivity (Wildman–Crippen MR) is 102 cm³/mol. The highest BCUT2D eigenvalue weighted by atomic mass is 16.7. The molecular formula is C22H25NO4. The van der Waals surface area contributed by atoms with E-state index in [1.807, 2.05) is 29.2 Å². The molecule has 0 aromatic heterocycles. The molecule has 0 bridgehead atoms. The molecule has 2 heterocycles. The summed E-state index contributed by atoms with van der Waals surface area (Å²) in [4.78, 5) is 14.9. The number of nitrogens with zero attached hydrogens (tertiary/aromatic N) is 1. The number of aryl methyl sites for hydroxylation is 1. The molecule has 0 spiro atoms. The molecule has 27 heavy (non-hydrogen) atoms. The third kappa shape index (κ3) is 4.42. The third-order valence-electron chi connectivity index (χ3n) is 5.06. The van der Waals surface area contributed by atoms with Gasteiger partial charge in [-0.2, -0.15) is 0 Å². The van der Waals surface area contributed by atoms with E-state index in [4.69, 9.17) is 14.2 Å². The quantitative estimate of drug-likeness (QED) is 0.751. The first kappa shape index (κ1) is 17.9. The normalized spacial score (nSPS) is 17.9. The second kappa shape index (κ2) is 8.44. The molecule has 1 saturated heterocycles. The predicted octanol–water partition coefficient (Wildman–Crippen LogP) is 3.56. The van der Waals surface area contributed by atoms with Crippen molar-refractivity contribution in [3.63, 3.8) is 0 Å². The van der Waals surface area contributed by atoms with Crippen molar-refractivity contribution < 1.29 is 19.0 Å². The van der Waals surface area contributed by atoms with Gasteiger partial charge in [-0.05, 0) is 48.9 Å². The summed E-state index contributed by atoms with van der Waals surface area (Å²) in [5.41, 5.74) is 2.34. The first-order valence-corrected chi connectivity index (χ1v) is 9.62. The number of rotatable bonds is 7. The van der Waals surface area contributed by atoms with E-state index in [2.05, 4.69) is 24.3 Å². The van der Waals surface area contributed by atoms with Crippen LogP contribution < -0.4 is 9.47 Å². The minimum atomic E-state index is -0.296. The Morgan fingerprint density at radius 1 is 1.04 bits per heavy atom. The van der Waals surface area contributed by atoms with Crippen LogP contribution in [-0.2, 0) is 22.5 Å². The number of hydrogen-bond acceptors (Lipinski definition) is 4. The average Bonchev–Trinajstić information content (AvgIpc) is 3.39. The monoisotopic (exact) mass is 367 g/mol.